The van der Waals surface area contributed by atoms with Crippen molar-refractivity contribution < 1.29 is 62.0 Å². The maximum Gasteiger partial charge on any atom is 0.496 e. The molecule has 208 valence electrons. The maximum absolute atomic E-state index is 13.8. The van der Waals surface area contributed by atoms with Crippen molar-refractivity contribution in [3.05, 3.63) is 67.0 Å². The third-order valence-corrected chi connectivity index (χ3v) is 5.88. The van der Waals surface area contributed by atoms with Crippen LogP contribution in [0.1, 0.15) is 0 Å². The predicted octanol–water partition coefficient (Wildman–Crippen LogP) is 6.28. The van der Waals surface area contributed by atoms with Crippen LogP contribution < -0.4 is 5.46 Å². The zero-order chi connectivity index (χ0) is 29.1. The highest BCUT2D eigenvalue weighted by atomic mass is 19.4. The zero-order valence-electron chi connectivity index (χ0n) is 18.7. The molecular weight excluding hydrogens is 563 g/mol. The molecule has 3 aromatic rings. The van der Waals surface area contributed by atoms with Crippen molar-refractivity contribution >= 4 is 12.6 Å². The van der Waals surface area contributed by atoms with Gasteiger partial charge in [0.2, 0.25) is 0 Å². The monoisotopic (exact) mass is 574 g/mol. The quantitative estimate of drug-likeness (QED) is 0.273. The number of aromatic nitrogens is 2. The van der Waals surface area contributed by atoms with Gasteiger partial charge in [-0.05, 0) is 34.8 Å². The van der Waals surface area contributed by atoms with Crippen molar-refractivity contribution in [2.75, 3.05) is 0 Å². The molecule has 0 unspecified atom stereocenters. The van der Waals surface area contributed by atoms with E-state index >= 15 is 0 Å². The Morgan fingerprint density at radius 3 is 1.49 bits per heavy atom. The second-order valence-corrected chi connectivity index (χ2v) is 8.16. The molecule has 0 spiro atoms. The minimum atomic E-state index is -7.29. The molecule has 0 N–H and O–H groups in total. The molecule has 1 aliphatic rings. The predicted molar refractivity (Wildman–Crippen MR) is 110 cm³/mol. The molecule has 0 radical (unpaired) electrons. The van der Waals surface area contributed by atoms with E-state index in [9.17, 15) is 52.7 Å². The van der Waals surface area contributed by atoms with Crippen LogP contribution in [0.5, 0.6) is 0 Å². The molecule has 3 heterocycles. The van der Waals surface area contributed by atoms with E-state index in [0.29, 0.717) is 11.8 Å². The van der Waals surface area contributed by atoms with Gasteiger partial charge in [0.25, 0.3) is 11.2 Å². The summed E-state index contributed by atoms with van der Waals surface area (Å²) in [4.78, 5) is 8.07. The molecule has 0 amide bonds. The van der Waals surface area contributed by atoms with Crippen LogP contribution in [0.25, 0.3) is 22.5 Å². The summed E-state index contributed by atoms with van der Waals surface area (Å²) in [6.45, 7) is 0. The Labute approximate surface area is 210 Å². The van der Waals surface area contributed by atoms with Gasteiger partial charge in [0, 0.05) is 12.4 Å². The summed E-state index contributed by atoms with van der Waals surface area (Å²) in [5.41, 5.74) is -14.6. The molecule has 1 fully saturated rings. The van der Waals surface area contributed by atoms with Crippen molar-refractivity contribution in [1.82, 2.24) is 9.97 Å². The van der Waals surface area contributed by atoms with Crippen molar-refractivity contribution in [1.29, 1.82) is 0 Å². The molecule has 0 bridgehead atoms. The molecule has 0 aliphatic carbocycles. The van der Waals surface area contributed by atoms with Crippen LogP contribution >= 0.6 is 0 Å². The number of pyridine rings is 2. The number of nitrogens with zero attached hydrogens (tertiary/aromatic N) is 2. The summed E-state index contributed by atoms with van der Waals surface area (Å²) in [7, 11) is -3.41. The van der Waals surface area contributed by atoms with Crippen LogP contribution in [0.3, 0.4) is 0 Å². The van der Waals surface area contributed by atoms with E-state index in [1.807, 2.05) is 0 Å². The van der Waals surface area contributed by atoms with E-state index in [2.05, 4.69) is 19.3 Å². The van der Waals surface area contributed by atoms with Gasteiger partial charge in [0.15, 0.2) is 0 Å². The SMILES string of the molecule is FC(F)(F)C1(C(F)(F)F)OB(c2ccccc2-c2ccc(-c3ccccn3)nc2)OC1(C(F)(F)F)C(F)(F)F. The van der Waals surface area contributed by atoms with E-state index in [1.54, 1.807) is 18.2 Å². The highest BCUT2D eigenvalue weighted by Crippen LogP contribution is 2.66. The number of benzene rings is 1. The third-order valence-electron chi connectivity index (χ3n) is 5.88. The topological polar surface area (TPSA) is 44.2 Å². The second-order valence-electron chi connectivity index (χ2n) is 8.16. The van der Waals surface area contributed by atoms with Gasteiger partial charge >= 0.3 is 31.8 Å². The minimum absolute atomic E-state index is 0.0985. The first-order valence-corrected chi connectivity index (χ1v) is 10.5. The van der Waals surface area contributed by atoms with Gasteiger partial charge in [-0.1, -0.05) is 36.4 Å². The van der Waals surface area contributed by atoms with Crippen molar-refractivity contribution in [3.8, 4) is 22.5 Å². The molecule has 1 aliphatic heterocycles. The number of alkyl halides is 12. The van der Waals surface area contributed by atoms with Crippen molar-refractivity contribution in [2.45, 2.75) is 35.9 Å². The lowest BCUT2D eigenvalue weighted by molar-refractivity contribution is -0.464. The summed E-state index contributed by atoms with van der Waals surface area (Å²) in [6, 6.07) is 11.1. The van der Waals surface area contributed by atoms with Gasteiger partial charge in [-0.3, -0.25) is 9.97 Å². The van der Waals surface area contributed by atoms with Gasteiger partial charge in [-0.2, -0.15) is 52.7 Å². The highest BCUT2D eigenvalue weighted by Gasteiger charge is 2.98. The molecule has 1 saturated heterocycles. The van der Waals surface area contributed by atoms with Crippen LogP contribution in [0, 0.1) is 0 Å². The zero-order valence-corrected chi connectivity index (χ0v) is 18.7. The average molecular weight is 574 g/mol. The van der Waals surface area contributed by atoms with E-state index < -0.39 is 54.1 Å². The van der Waals surface area contributed by atoms with Crippen LogP contribution in [-0.4, -0.2) is 53.0 Å². The summed E-state index contributed by atoms with van der Waals surface area (Å²) < 4.78 is 174. The molecule has 2 aromatic heterocycles. The Balaban J connectivity index is 1.91. The van der Waals surface area contributed by atoms with Crippen LogP contribution in [0.15, 0.2) is 67.0 Å². The lowest BCUT2D eigenvalue weighted by atomic mass is 9.74. The molecule has 1 aromatic carbocycles. The van der Waals surface area contributed by atoms with Crippen LogP contribution in [0.4, 0.5) is 52.7 Å². The number of hydrogen-bond acceptors (Lipinski definition) is 4. The Bertz CT molecular complexity index is 1250. The molecule has 4 nitrogen and oxygen atoms in total. The van der Waals surface area contributed by atoms with Crippen LogP contribution in [-0.2, 0) is 9.31 Å². The van der Waals surface area contributed by atoms with Gasteiger partial charge in [0.05, 0.1) is 11.4 Å². The molecule has 39 heavy (non-hydrogen) atoms. The fraction of sp³-hybridized carbons (Fsp3) is 0.273. The average Bonchev–Trinajstić information content (AvgIpc) is 3.25. The molecule has 0 atom stereocenters. The summed E-state index contributed by atoms with van der Waals surface area (Å²) in [5, 5.41) is 0. The first-order chi connectivity index (χ1) is 17.9. The Kier molecular flexibility index (Phi) is 6.70. The van der Waals surface area contributed by atoms with Crippen LogP contribution in [0.2, 0.25) is 0 Å². The maximum atomic E-state index is 13.8. The van der Waals surface area contributed by atoms with E-state index in [-0.39, 0.29) is 11.3 Å². The second kappa shape index (κ2) is 9.11. The summed E-state index contributed by atoms with van der Waals surface area (Å²) in [6.07, 6.45) is -26.7. The van der Waals surface area contributed by atoms with Crippen molar-refractivity contribution in [2.24, 2.45) is 0 Å². The summed E-state index contributed by atoms with van der Waals surface area (Å²) in [5.74, 6) is 0. The summed E-state index contributed by atoms with van der Waals surface area (Å²) >= 11 is 0. The smallest absolute Gasteiger partial charge is 0.383 e. The molecule has 4 rings (SSSR count). The van der Waals surface area contributed by atoms with E-state index in [1.165, 1.54) is 24.4 Å². The highest BCUT2D eigenvalue weighted by molar-refractivity contribution is 6.64. The number of hydrogen-bond donors (Lipinski definition) is 0. The third kappa shape index (κ3) is 4.31. The van der Waals surface area contributed by atoms with E-state index in [0.717, 1.165) is 18.3 Å². The fourth-order valence-electron chi connectivity index (χ4n) is 4.21. The Hall–Kier alpha value is -3.34. The molecule has 0 saturated carbocycles. The fourth-order valence-corrected chi connectivity index (χ4v) is 4.21. The van der Waals surface area contributed by atoms with Crippen molar-refractivity contribution in [3.63, 3.8) is 0 Å². The van der Waals surface area contributed by atoms with E-state index in [4.69, 9.17) is 0 Å². The molecular formula is C22H11BF12N2O2. The largest absolute Gasteiger partial charge is 0.496 e. The minimum Gasteiger partial charge on any atom is -0.383 e. The first kappa shape index (κ1) is 28.7. The Morgan fingerprint density at radius 2 is 1.05 bits per heavy atom. The number of rotatable bonds is 3. The Morgan fingerprint density at radius 1 is 0.564 bits per heavy atom. The van der Waals surface area contributed by atoms with Gasteiger partial charge in [0.1, 0.15) is 0 Å². The standard InChI is InChI=1S/C22H11BF12N2O2/c24-19(25,26)17(20(27,28)29)18(21(30,31)32,22(33,34)35)39-23(38-17)14-6-2-1-5-13(14)12-8-9-16(37-11-12)15-7-3-4-10-36-15/h1-11H. The lowest BCUT2D eigenvalue weighted by Crippen LogP contribution is -2.79. The molecule has 17 heteroatoms. The number of halogens is 12. The lowest BCUT2D eigenvalue weighted by Gasteiger charge is -2.46. The first-order valence-electron chi connectivity index (χ1n) is 10.5. The van der Waals surface area contributed by atoms with Gasteiger partial charge < -0.3 is 9.31 Å². The van der Waals surface area contributed by atoms with Gasteiger partial charge in [-0.15, -0.1) is 0 Å². The van der Waals surface area contributed by atoms with Gasteiger partial charge in [-0.25, -0.2) is 0 Å². The normalized spacial score (nSPS) is 17.9.